The van der Waals surface area contributed by atoms with Crippen molar-refractivity contribution in [3.05, 3.63) is 0 Å². The number of hydrogen-bond acceptors (Lipinski definition) is 3. The van der Waals surface area contributed by atoms with Crippen molar-refractivity contribution < 1.29 is 9.90 Å². The molecule has 0 aromatic rings. The molecule has 1 saturated heterocycles. The highest BCUT2D eigenvalue weighted by Gasteiger charge is 2.30. The van der Waals surface area contributed by atoms with Crippen LogP contribution >= 0.6 is 0 Å². The highest BCUT2D eigenvalue weighted by molar-refractivity contribution is 5.82. The molecule has 0 bridgehead atoms. The van der Waals surface area contributed by atoms with Crippen LogP contribution in [-0.2, 0) is 4.79 Å². The Kier molecular flexibility index (Phi) is 4.54. The molecule has 0 saturated carbocycles. The van der Waals surface area contributed by atoms with Crippen LogP contribution in [0.15, 0.2) is 0 Å². The first-order valence-corrected chi connectivity index (χ1v) is 5.68. The maximum absolute atomic E-state index is 12.1. The molecule has 0 radical (unpaired) electrons. The number of aliphatic hydroxyl groups excluding tert-OH is 1. The van der Waals surface area contributed by atoms with E-state index >= 15 is 0 Å². The Morgan fingerprint density at radius 2 is 2.33 bits per heavy atom. The topological polar surface area (TPSA) is 52.6 Å². The Morgan fingerprint density at radius 1 is 1.67 bits per heavy atom. The summed E-state index contributed by atoms with van der Waals surface area (Å²) in [5.41, 5.74) is 0. The summed E-state index contributed by atoms with van der Waals surface area (Å²) in [5, 5.41) is 12.3. The lowest BCUT2D eigenvalue weighted by Gasteiger charge is -2.34. The summed E-state index contributed by atoms with van der Waals surface area (Å²) < 4.78 is 0. The van der Waals surface area contributed by atoms with Crippen LogP contribution in [0.1, 0.15) is 26.7 Å². The summed E-state index contributed by atoms with van der Waals surface area (Å²) >= 11 is 0. The molecular formula is C11H22N2O2. The van der Waals surface area contributed by atoms with Crippen molar-refractivity contribution in [3.8, 4) is 0 Å². The maximum atomic E-state index is 12.1. The van der Waals surface area contributed by atoms with Crippen molar-refractivity contribution in [3.63, 3.8) is 0 Å². The minimum absolute atomic E-state index is 0.0172. The Bertz CT molecular complexity index is 221. The van der Waals surface area contributed by atoms with Gasteiger partial charge < -0.3 is 15.3 Å². The van der Waals surface area contributed by atoms with Gasteiger partial charge in [-0.3, -0.25) is 4.79 Å². The SMILES string of the molecule is CC1CCCNC1C(=O)N(C)C(C)CO. The van der Waals surface area contributed by atoms with E-state index in [1.165, 1.54) is 0 Å². The van der Waals surface area contributed by atoms with Gasteiger partial charge in [-0.15, -0.1) is 0 Å². The molecule has 1 rings (SSSR count). The molecule has 4 nitrogen and oxygen atoms in total. The predicted molar refractivity (Wildman–Crippen MR) is 59.5 cm³/mol. The number of rotatable bonds is 3. The van der Waals surface area contributed by atoms with Crippen LogP contribution < -0.4 is 5.32 Å². The number of nitrogens with one attached hydrogen (secondary N) is 1. The van der Waals surface area contributed by atoms with Crippen molar-refractivity contribution >= 4 is 5.91 Å². The number of aliphatic hydroxyl groups is 1. The zero-order chi connectivity index (χ0) is 11.4. The standard InChI is InChI=1S/C11H22N2O2/c1-8-5-4-6-12-10(8)11(15)13(3)9(2)7-14/h8-10,12,14H,4-7H2,1-3H3. The van der Waals surface area contributed by atoms with Crippen molar-refractivity contribution in [2.24, 2.45) is 5.92 Å². The van der Waals surface area contributed by atoms with E-state index in [1.54, 1.807) is 11.9 Å². The van der Waals surface area contributed by atoms with Crippen LogP contribution in [0, 0.1) is 5.92 Å². The van der Waals surface area contributed by atoms with Gasteiger partial charge in [-0.05, 0) is 32.2 Å². The number of carbonyl (C=O) groups is 1. The minimum atomic E-state index is -0.103. The lowest BCUT2D eigenvalue weighted by Crippen LogP contribution is -2.53. The second-order valence-corrected chi connectivity index (χ2v) is 4.53. The van der Waals surface area contributed by atoms with Gasteiger partial charge in [0.2, 0.25) is 5.91 Å². The van der Waals surface area contributed by atoms with Gasteiger partial charge in [0.05, 0.1) is 18.7 Å². The van der Waals surface area contributed by atoms with Gasteiger partial charge >= 0.3 is 0 Å². The number of carbonyl (C=O) groups excluding carboxylic acids is 1. The summed E-state index contributed by atoms with van der Waals surface area (Å²) in [7, 11) is 1.76. The molecule has 1 heterocycles. The number of hydrogen-bond donors (Lipinski definition) is 2. The maximum Gasteiger partial charge on any atom is 0.240 e. The molecule has 2 N–H and O–H groups in total. The summed E-state index contributed by atoms with van der Waals surface area (Å²) in [6.07, 6.45) is 2.25. The van der Waals surface area contributed by atoms with E-state index in [0.29, 0.717) is 5.92 Å². The minimum Gasteiger partial charge on any atom is -0.394 e. The third-order valence-corrected chi connectivity index (χ3v) is 3.31. The summed E-state index contributed by atoms with van der Waals surface area (Å²) in [4.78, 5) is 13.7. The quantitative estimate of drug-likeness (QED) is 0.706. The van der Waals surface area contributed by atoms with Crippen LogP contribution in [0.5, 0.6) is 0 Å². The Balaban J connectivity index is 2.57. The van der Waals surface area contributed by atoms with E-state index in [9.17, 15) is 4.79 Å². The third-order valence-electron chi connectivity index (χ3n) is 3.31. The number of piperidine rings is 1. The summed E-state index contributed by atoms with van der Waals surface area (Å²) in [5.74, 6) is 0.489. The van der Waals surface area contributed by atoms with E-state index in [2.05, 4.69) is 12.2 Å². The number of amides is 1. The molecule has 0 aromatic carbocycles. The van der Waals surface area contributed by atoms with E-state index in [4.69, 9.17) is 5.11 Å². The normalized spacial score (nSPS) is 28.5. The first kappa shape index (κ1) is 12.5. The molecule has 0 spiro atoms. The van der Waals surface area contributed by atoms with Gasteiger partial charge in [-0.25, -0.2) is 0 Å². The molecule has 1 aliphatic heterocycles. The Hall–Kier alpha value is -0.610. The largest absolute Gasteiger partial charge is 0.394 e. The molecule has 88 valence electrons. The molecular weight excluding hydrogens is 192 g/mol. The first-order chi connectivity index (χ1) is 7.07. The van der Waals surface area contributed by atoms with E-state index in [-0.39, 0.29) is 24.6 Å². The zero-order valence-electron chi connectivity index (χ0n) is 9.86. The monoisotopic (exact) mass is 214 g/mol. The van der Waals surface area contributed by atoms with Crippen molar-refractivity contribution in [2.45, 2.75) is 38.8 Å². The van der Waals surface area contributed by atoms with Crippen molar-refractivity contribution in [1.29, 1.82) is 0 Å². The second-order valence-electron chi connectivity index (χ2n) is 4.53. The third kappa shape index (κ3) is 2.92. The molecule has 3 atom stereocenters. The fourth-order valence-electron chi connectivity index (χ4n) is 1.94. The average Bonchev–Trinajstić information content (AvgIpc) is 2.26. The predicted octanol–water partition coefficient (Wildman–Crippen LogP) is 0.214. The van der Waals surface area contributed by atoms with Gasteiger partial charge in [-0.2, -0.15) is 0 Å². The molecule has 15 heavy (non-hydrogen) atoms. The molecule has 1 fully saturated rings. The Morgan fingerprint density at radius 3 is 2.87 bits per heavy atom. The highest BCUT2D eigenvalue weighted by atomic mass is 16.3. The fraction of sp³-hybridized carbons (Fsp3) is 0.909. The average molecular weight is 214 g/mol. The van der Waals surface area contributed by atoms with Gasteiger partial charge in [0, 0.05) is 7.05 Å². The molecule has 3 unspecified atom stereocenters. The lowest BCUT2D eigenvalue weighted by atomic mass is 9.91. The Labute approximate surface area is 91.6 Å². The van der Waals surface area contributed by atoms with Crippen molar-refractivity contribution in [2.75, 3.05) is 20.2 Å². The van der Waals surface area contributed by atoms with Crippen molar-refractivity contribution in [1.82, 2.24) is 10.2 Å². The molecule has 1 amide bonds. The highest BCUT2D eigenvalue weighted by Crippen LogP contribution is 2.17. The molecule has 4 heteroatoms. The second kappa shape index (κ2) is 5.47. The molecule has 0 aliphatic carbocycles. The lowest BCUT2D eigenvalue weighted by molar-refractivity contribution is -0.136. The molecule has 1 aliphatic rings. The summed E-state index contributed by atoms with van der Waals surface area (Å²) in [6.45, 7) is 4.89. The van der Waals surface area contributed by atoms with Gasteiger partial charge in [0.15, 0.2) is 0 Å². The van der Waals surface area contributed by atoms with E-state index in [1.807, 2.05) is 6.92 Å². The van der Waals surface area contributed by atoms with Crippen LogP contribution in [-0.4, -0.2) is 48.2 Å². The van der Waals surface area contributed by atoms with Crippen LogP contribution in [0.2, 0.25) is 0 Å². The van der Waals surface area contributed by atoms with Gasteiger partial charge in [0.1, 0.15) is 0 Å². The number of nitrogens with zero attached hydrogens (tertiary/aromatic N) is 1. The molecule has 0 aromatic heterocycles. The van der Waals surface area contributed by atoms with Gasteiger partial charge in [0.25, 0.3) is 0 Å². The smallest absolute Gasteiger partial charge is 0.240 e. The van der Waals surface area contributed by atoms with E-state index in [0.717, 1.165) is 19.4 Å². The first-order valence-electron chi connectivity index (χ1n) is 5.68. The van der Waals surface area contributed by atoms with Crippen LogP contribution in [0.25, 0.3) is 0 Å². The summed E-state index contributed by atoms with van der Waals surface area (Å²) in [6, 6.07) is -0.175. The van der Waals surface area contributed by atoms with Gasteiger partial charge in [-0.1, -0.05) is 6.92 Å². The fourth-order valence-corrected chi connectivity index (χ4v) is 1.94. The number of likely N-dealkylation sites (N-methyl/N-ethyl adjacent to an activating group) is 1. The van der Waals surface area contributed by atoms with Crippen LogP contribution in [0.4, 0.5) is 0 Å². The van der Waals surface area contributed by atoms with Crippen LogP contribution in [0.3, 0.4) is 0 Å². The zero-order valence-corrected chi connectivity index (χ0v) is 9.86. The van der Waals surface area contributed by atoms with E-state index < -0.39 is 0 Å².